The molecule has 0 aromatic heterocycles. The average Bonchev–Trinajstić information content (AvgIpc) is 2.77. The monoisotopic (exact) mass is 427 g/mol. The molecule has 160 valence electrons. The van der Waals surface area contributed by atoms with Gasteiger partial charge in [-0.3, -0.25) is 4.79 Å². The van der Waals surface area contributed by atoms with E-state index in [-0.39, 0.29) is 11.3 Å². The molecule has 0 fully saturated rings. The maximum absolute atomic E-state index is 13.4. The van der Waals surface area contributed by atoms with E-state index >= 15 is 0 Å². The van der Waals surface area contributed by atoms with E-state index < -0.39 is 23.3 Å². The first kappa shape index (κ1) is 21.1. The van der Waals surface area contributed by atoms with Crippen molar-refractivity contribution in [2.45, 2.75) is 20.8 Å². The lowest BCUT2D eigenvalue weighted by molar-refractivity contribution is -0.133. The number of rotatable bonds is 4. The van der Waals surface area contributed by atoms with Crippen molar-refractivity contribution in [1.82, 2.24) is 0 Å². The van der Waals surface area contributed by atoms with Crippen LogP contribution in [0.5, 0.6) is 11.5 Å². The molecular formula is C26H21NO5. The highest BCUT2D eigenvalue weighted by molar-refractivity contribution is 6.28. The number of fused-ring (bicyclic) bond motifs is 1. The quantitative estimate of drug-likeness (QED) is 0.163. The van der Waals surface area contributed by atoms with Gasteiger partial charge in [0.05, 0.1) is 5.69 Å². The fraction of sp³-hybridized carbons (Fsp3) is 0.115. The van der Waals surface area contributed by atoms with Crippen LogP contribution in [0.3, 0.4) is 0 Å². The third-order valence-corrected chi connectivity index (χ3v) is 5.07. The molecule has 1 aliphatic rings. The smallest absolute Gasteiger partial charge is 0.361 e. The van der Waals surface area contributed by atoms with Crippen LogP contribution >= 0.6 is 0 Å². The number of aryl methyl sites for hydroxylation is 3. The summed E-state index contributed by atoms with van der Waals surface area (Å²) in [7, 11) is 0. The minimum Gasteiger partial charge on any atom is -0.422 e. The lowest BCUT2D eigenvalue weighted by Gasteiger charge is -2.22. The Morgan fingerprint density at radius 3 is 2.19 bits per heavy atom. The molecule has 6 heteroatoms. The van der Waals surface area contributed by atoms with Crippen LogP contribution in [0.4, 0.5) is 5.69 Å². The number of ketones is 1. The van der Waals surface area contributed by atoms with Crippen LogP contribution in [-0.4, -0.2) is 17.7 Å². The zero-order valence-corrected chi connectivity index (χ0v) is 17.9. The van der Waals surface area contributed by atoms with Crippen molar-refractivity contribution in [1.29, 1.82) is 0 Å². The van der Waals surface area contributed by atoms with Gasteiger partial charge in [0.2, 0.25) is 5.78 Å². The zero-order chi connectivity index (χ0) is 22.8. The molecule has 6 nitrogen and oxygen atoms in total. The molecule has 1 heterocycles. The number of carbonyl (C=O) groups is 3. The lowest BCUT2D eigenvalue weighted by atomic mass is 10.0. The molecule has 0 saturated heterocycles. The first-order valence-corrected chi connectivity index (χ1v) is 10.1. The molecular weight excluding hydrogens is 406 g/mol. The summed E-state index contributed by atoms with van der Waals surface area (Å²) in [6.45, 7) is 5.58. The largest absolute Gasteiger partial charge is 0.422 e. The third-order valence-electron chi connectivity index (χ3n) is 5.07. The Hall–Kier alpha value is -4.19. The second-order valence-electron chi connectivity index (χ2n) is 7.57. The van der Waals surface area contributed by atoms with E-state index in [1.54, 1.807) is 54.6 Å². The number of benzene rings is 3. The normalized spacial score (nSPS) is 14.0. The van der Waals surface area contributed by atoms with Crippen LogP contribution in [-0.2, 0) is 9.59 Å². The Labute approximate surface area is 185 Å². The molecule has 0 atom stereocenters. The number of esters is 2. The van der Waals surface area contributed by atoms with Gasteiger partial charge in [0.1, 0.15) is 17.0 Å². The topological polar surface area (TPSA) is 81.7 Å². The second-order valence-corrected chi connectivity index (χ2v) is 7.57. The Kier molecular flexibility index (Phi) is 5.60. The van der Waals surface area contributed by atoms with E-state index in [1.807, 2.05) is 32.9 Å². The SMILES string of the molecule is Cc1cc(C)c(OC(=O)C(C(=O)c2ccccc2)=C2Nc3ccccc3OC2=O)c(C)c1. The van der Waals surface area contributed by atoms with Crippen LogP contribution < -0.4 is 14.8 Å². The van der Waals surface area contributed by atoms with E-state index in [0.29, 0.717) is 17.2 Å². The molecule has 0 amide bonds. The Morgan fingerprint density at radius 1 is 0.875 bits per heavy atom. The molecule has 0 aliphatic carbocycles. The molecule has 0 spiro atoms. The van der Waals surface area contributed by atoms with Crippen LogP contribution in [0.25, 0.3) is 0 Å². The van der Waals surface area contributed by atoms with Gasteiger partial charge in [-0.05, 0) is 44.0 Å². The Bertz CT molecular complexity index is 1250. The minimum absolute atomic E-state index is 0.248. The summed E-state index contributed by atoms with van der Waals surface area (Å²) >= 11 is 0. The highest BCUT2D eigenvalue weighted by atomic mass is 16.5. The van der Waals surface area contributed by atoms with Crippen molar-refractivity contribution in [3.05, 3.63) is 100 Å². The molecule has 0 unspecified atom stereocenters. The second kappa shape index (κ2) is 8.51. The molecule has 32 heavy (non-hydrogen) atoms. The summed E-state index contributed by atoms with van der Waals surface area (Å²) in [5, 5.41) is 2.89. The molecule has 3 aromatic rings. The Balaban J connectivity index is 1.82. The summed E-state index contributed by atoms with van der Waals surface area (Å²) in [5.41, 5.74) is 2.55. The number of ether oxygens (including phenoxy) is 2. The summed E-state index contributed by atoms with van der Waals surface area (Å²) < 4.78 is 11.0. The van der Waals surface area contributed by atoms with Gasteiger partial charge < -0.3 is 14.8 Å². The van der Waals surface area contributed by atoms with Gasteiger partial charge >= 0.3 is 11.9 Å². The van der Waals surface area contributed by atoms with E-state index in [1.165, 1.54) is 0 Å². The van der Waals surface area contributed by atoms with Crippen molar-refractivity contribution in [2.75, 3.05) is 5.32 Å². The molecule has 0 radical (unpaired) electrons. The minimum atomic E-state index is -0.937. The van der Waals surface area contributed by atoms with Crippen molar-refractivity contribution in [3.63, 3.8) is 0 Å². The maximum Gasteiger partial charge on any atom is 0.361 e. The summed E-state index contributed by atoms with van der Waals surface area (Å²) in [5.74, 6) is -1.75. The standard InChI is InChI=1S/C26H21NO5/c1-15-13-16(2)24(17(3)14-15)32-25(29)21(23(28)18-9-5-4-6-10-18)22-26(30)31-20-12-8-7-11-19(20)27-22/h4-14,27H,1-3H3. The number of hydrogen-bond donors (Lipinski definition) is 1. The molecule has 1 N–H and O–H groups in total. The van der Waals surface area contributed by atoms with Crippen LogP contribution in [0.2, 0.25) is 0 Å². The van der Waals surface area contributed by atoms with Crippen molar-refractivity contribution >= 4 is 23.4 Å². The van der Waals surface area contributed by atoms with Gasteiger partial charge in [0, 0.05) is 5.56 Å². The Morgan fingerprint density at radius 2 is 1.50 bits per heavy atom. The number of Topliss-reactive ketones (excluding diaryl/α,β-unsaturated/α-hetero) is 1. The van der Waals surface area contributed by atoms with Gasteiger partial charge in [-0.25, -0.2) is 9.59 Å². The number of para-hydroxylation sites is 2. The summed E-state index contributed by atoms with van der Waals surface area (Å²) in [6, 6.07) is 18.8. The number of anilines is 1. The van der Waals surface area contributed by atoms with Gasteiger partial charge in [-0.2, -0.15) is 0 Å². The highest BCUT2D eigenvalue weighted by Crippen LogP contribution is 2.32. The van der Waals surface area contributed by atoms with E-state index in [0.717, 1.165) is 16.7 Å². The van der Waals surface area contributed by atoms with Gasteiger partial charge in [-0.1, -0.05) is 60.2 Å². The summed E-state index contributed by atoms with van der Waals surface area (Å²) in [6.07, 6.45) is 0. The van der Waals surface area contributed by atoms with Gasteiger partial charge in [-0.15, -0.1) is 0 Å². The number of carbonyl (C=O) groups excluding carboxylic acids is 3. The van der Waals surface area contributed by atoms with Crippen LogP contribution in [0.1, 0.15) is 27.0 Å². The van der Waals surface area contributed by atoms with Crippen LogP contribution in [0.15, 0.2) is 78.0 Å². The van der Waals surface area contributed by atoms with E-state index in [9.17, 15) is 14.4 Å². The lowest BCUT2D eigenvalue weighted by Crippen LogP contribution is -2.31. The van der Waals surface area contributed by atoms with Crippen molar-refractivity contribution in [2.24, 2.45) is 0 Å². The first-order valence-electron chi connectivity index (χ1n) is 10.1. The highest BCUT2D eigenvalue weighted by Gasteiger charge is 2.34. The van der Waals surface area contributed by atoms with Gasteiger partial charge in [0.15, 0.2) is 5.75 Å². The van der Waals surface area contributed by atoms with Crippen molar-refractivity contribution < 1.29 is 23.9 Å². The predicted octanol–water partition coefficient (Wildman–Crippen LogP) is 4.69. The third kappa shape index (κ3) is 4.03. The maximum atomic E-state index is 13.4. The molecule has 3 aromatic carbocycles. The number of hydrogen-bond acceptors (Lipinski definition) is 6. The number of nitrogens with one attached hydrogen (secondary N) is 1. The fourth-order valence-corrected chi connectivity index (χ4v) is 3.67. The van der Waals surface area contributed by atoms with E-state index in [4.69, 9.17) is 9.47 Å². The predicted molar refractivity (Wildman–Crippen MR) is 120 cm³/mol. The van der Waals surface area contributed by atoms with Crippen molar-refractivity contribution in [3.8, 4) is 11.5 Å². The molecule has 4 rings (SSSR count). The first-order chi connectivity index (χ1) is 15.3. The molecule has 0 bridgehead atoms. The molecule has 1 aliphatic heterocycles. The van der Waals surface area contributed by atoms with Crippen LogP contribution in [0, 0.1) is 20.8 Å². The average molecular weight is 427 g/mol. The van der Waals surface area contributed by atoms with Gasteiger partial charge in [0.25, 0.3) is 0 Å². The molecule has 0 saturated carbocycles. The fourth-order valence-electron chi connectivity index (χ4n) is 3.67. The summed E-state index contributed by atoms with van der Waals surface area (Å²) in [4.78, 5) is 39.4. The zero-order valence-electron chi connectivity index (χ0n) is 17.9. The van der Waals surface area contributed by atoms with E-state index in [2.05, 4.69) is 5.32 Å².